The molecule has 214 valence electrons. The lowest BCUT2D eigenvalue weighted by atomic mass is 9.94. The van der Waals surface area contributed by atoms with E-state index in [1.807, 2.05) is 40.0 Å². The second-order valence-electron chi connectivity index (χ2n) is 11.3. The van der Waals surface area contributed by atoms with Gasteiger partial charge in [0.1, 0.15) is 23.4 Å². The molecule has 8 nitrogen and oxygen atoms in total. The zero-order valence-electron chi connectivity index (χ0n) is 23.9. The molecular weight excluding hydrogens is 538 g/mol. The maximum Gasteiger partial charge on any atom is 0.408 e. The fraction of sp³-hybridized carbons (Fsp3) is 0.483. The minimum absolute atomic E-state index is 0.0497. The summed E-state index contributed by atoms with van der Waals surface area (Å²) in [4.78, 5) is 42.4. The average Bonchev–Trinajstić information content (AvgIpc) is 2.80. The molecule has 10 heteroatoms. The summed E-state index contributed by atoms with van der Waals surface area (Å²) in [7, 11) is 0. The number of para-hydroxylation sites is 1. The second-order valence-corrected chi connectivity index (χ2v) is 12.7. The molecule has 0 aromatic heterocycles. The maximum absolute atomic E-state index is 14.3. The molecule has 3 N–H and O–H groups in total. The van der Waals surface area contributed by atoms with Gasteiger partial charge in [-0.15, -0.1) is 0 Å². The van der Waals surface area contributed by atoms with Gasteiger partial charge in [-0.25, -0.2) is 4.79 Å². The van der Waals surface area contributed by atoms with Crippen LogP contribution < -0.4 is 10.6 Å². The first-order chi connectivity index (χ1) is 18.0. The van der Waals surface area contributed by atoms with Crippen molar-refractivity contribution < 1.29 is 24.2 Å². The number of hydrogen-bond acceptors (Lipinski definition) is 6. The summed E-state index contributed by atoms with van der Waals surface area (Å²) in [6.07, 6.45) is 1.51. The van der Waals surface area contributed by atoms with Crippen LogP contribution in [-0.2, 0) is 14.3 Å². The Bertz CT molecular complexity index is 1160. The molecule has 0 aliphatic heterocycles. The van der Waals surface area contributed by atoms with Crippen LogP contribution in [0.2, 0.25) is 5.02 Å². The Balaban J connectivity index is 2.61. The van der Waals surface area contributed by atoms with Gasteiger partial charge in [0.2, 0.25) is 5.91 Å². The standard InChI is InChI=1S/C29H40ClN3O5S/c1-18-11-9-14-21(30)23(18)32-25(35)24(19-12-10-13-20(34)17-19)33(28(2,3)4)26(36)22(15-16-39-8)31-27(37)38-29(5,6)7/h9-14,17,22,24,34H,15-16H2,1-8H3,(H,31,37)(H,32,35). The van der Waals surface area contributed by atoms with Crippen LogP contribution in [0.5, 0.6) is 5.75 Å². The summed E-state index contributed by atoms with van der Waals surface area (Å²) in [6, 6.07) is 9.39. The van der Waals surface area contributed by atoms with Crippen LogP contribution in [0.15, 0.2) is 42.5 Å². The largest absolute Gasteiger partial charge is 0.508 e. The molecule has 0 aliphatic carbocycles. The minimum Gasteiger partial charge on any atom is -0.508 e. The van der Waals surface area contributed by atoms with E-state index in [4.69, 9.17) is 16.3 Å². The summed E-state index contributed by atoms with van der Waals surface area (Å²) in [5, 5.41) is 16.2. The van der Waals surface area contributed by atoms with Crippen molar-refractivity contribution in [2.24, 2.45) is 0 Å². The number of nitrogens with zero attached hydrogens (tertiary/aromatic N) is 1. The summed E-state index contributed by atoms with van der Waals surface area (Å²) >= 11 is 7.94. The summed E-state index contributed by atoms with van der Waals surface area (Å²) in [5.41, 5.74) is -0.0308. The number of ether oxygens (including phenoxy) is 1. The molecule has 0 spiro atoms. The topological polar surface area (TPSA) is 108 Å². The quantitative estimate of drug-likeness (QED) is 0.322. The van der Waals surface area contributed by atoms with Crippen LogP contribution in [0.4, 0.5) is 10.5 Å². The first-order valence-corrected chi connectivity index (χ1v) is 14.5. The second kappa shape index (κ2) is 13.4. The smallest absolute Gasteiger partial charge is 0.408 e. The number of phenols is 1. The number of carbonyl (C=O) groups excluding carboxylic acids is 3. The highest BCUT2D eigenvalue weighted by molar-refractivity contribution is 7.98. The van der Waals surface area contributed by atoms with E-state index < -0.39 is 41.1 Å². The first-order valence-electron chi connectivity index (χ1n) is 12.7. The number of phenolic OH excluding ortho intramolecular Hbond substituents is 1. The number of thioether (sulfide) groups is 1. The normalized spacial score (nSPS) is 13.3. The van der Waals surface area contributed by atoms with E-state index in [1.165, 1.54) is 28.8 Å². The number of hydrogen-bond donors (Lipinski definition) is 3. The number of halogens is 1. The molecule has 2 aromatic carbocycles. The number of nitrogens with one attached hydrogen (secondary N) is 2. The molecular formula is C29H40ClN3O5S. The van der Waals surface area contributed by atoms with Gasteiger partial charge < -0.3 is 25.4 Å². The van der Waals surface area contributed by atoms with Gasteiger partial charge in [-0.1, -0.05) is 35.9 Å². The Morgan fingerprint density at radius 2 is 1.72 bits per heavy atom. The third-order valence-corrected chi connectivity index (χ3v) is 6.68. The highest BCUT2D eigenvalue weighted by Gasteiger charge is 2.42. The van der Waals surface area contributed by atoms with Gasteiger partial charge in [0, 0.05) is 5.54 Å². The van der Waals surface area contributed by atoms with Crippen LogP contribution in [0.3, 0.4) is 0 Å². The van der Waals surface area contributed by atoms with Crippen molar-refractivity contribution in [2.75, 3.05) is 17.3 Å². The highest BCUT2D eigenvalue weighted by atomic mass is 35.5. The van der Waals surface area contributed by atoms with Crippen molar-refractivity contribution in [2.45, 2.75) is 78.1 Å². The van der Waals surface area contributed by atoms with Gasteiger partial charge in [0.15, 0.2) is 0 Å². The summed E-state index contributed by atoms with van der Waals surface area (Å²) in [5.74, 6) is -0.430. The Hall–Kier alpha value is -2.91. The predicted molar refractivity (Wildman–Crippen MR) is 158 cm³/mol. The number of carbonyl (C=O) groups is 3. The van der Waals surface area contributed by atoms with Crippen molar-refractivity contribution in [3.63, 3.8) is 0 Å². The van der Waals surface area contributed by atoms with Gasteiger partial charge >= 0.3 is 6.09 Å². The minimum atomic E-state index is -1.16. The molecule has 2 unspecified atom stereocenters. The Labute approximate surface area is 240 Å². The van der Waals surface area contributed by atoms with Crippen molar-refractivity contribution >= 4 is 47.0 Å². The SMILES string of the molecule is CSCCC(NC(=O)OC(C)(C)C)C(=O)N(C(C(=O)Nc1c(C)cccc1Cl)c1cccc(O)c1)C(C)(C)C. The lowest BCUT2D eigenvalue weighted by Crippen LogP contribution is -2.58. The van der Waals surface area contributed by atoms with Crippen LogP contribution >= 0.6 is 23.4 Å². The fourth-order valence-corrected chi connectivity index (χ4v) is 4.79. The molecule has 0 fully saturated rings. The van der Waals surface area contributed by atoms with Gasteiger partial charge in [-0.2, -0.15) is 11.8 Å². The van der Waals surface area contributed by atoms with Crippen LogP contribution in [-0.4, -0.2) is 57.1 Å². The number of aromatic hydroxyl groups is 1. The van der Waals surface area contributed by atoms with Crippen molar-refractivity contribution in [1.82, 2.24) is 10.2 Å². The number of amides is 3. The predicted octanol–water partition coefficient (Wildman–Crippen LogP) is 6.31. The van der Waals surface area contributed by atoms with Crippen molar-refractivity contribution in [1.29, 1.82) is 0 Å². The third kappa shape index (κ3) is 9.35. The Morgan fingerprint density at radius 1 is 1.08 bits per heavy atom. The lowest BCUT2D eigenvalue weighted by molar-refractivity contribution is -0.146. The molecule has 0 radical (unpaired) electrons. The van der Waals surface area contributed by atoms with Gasteiger partial charge in [-0.05, 0) is 96.2 Å². The number of anilines is 1. The fourth-order valence-electron chi connectivity index (χ4n) is 4.05. The highest BCUT2D eigenvalue weighted by Crippen LogP contribution is 2.34. The molecule has 39 heavy (non-hydrogen) atoms. The van der Waals surface area contributed by atoms with E-state index >= 15 is 0 Å². The molecule has 0 heterocycles. The number of aryl methyl sites for hydroxylation is 1. The molecule has 0 bridgehead atoms. The molecule has 0 saturated carbocycles. The molecule has 0 saturated heterocycles. The van der Waals surface area contributed by atoms with E-state index in [-0.39, 0.29) is 5.75 Å². The molecule has 0 aliphatic rings. The molecule has 2 rings (SSSR count). The molecule has 2 aromatic rings. The number of alkyl carbamates (subject to hydrolysis) is 1. The van der Waals surface area contributed by atoms with Crippen molar-refractivity contribution in [3.8, 4) is 5.75 Å². The third-order valence-electron chi connectivity index (χ3n) is 5.72. The summed E-state index contributed by atoms with van der Waals surface area (Å²) < 4.78 is 5.42. The van der Waals surface area contributed by atoms with E-state index in [0.29, 0.717) is 28.4 Å². The molecule has 2 atom stereocenters. The van der Waals surface area contributed by atoms with Crippen LogP contribution in [0, 0.1) is 6.92 Å². The first kappa shape index (κ1) is 32.3. The van der Waals surface area contributed by atoms with Crippen LogP contribution in [0.1, 0.15) is 65.1 Å². The van der Waals surface area contributed by atoms with Gasteiger partial charge in [0.05, 0.1) is 10.7 Å². The number of rotatable bonds is 9. The monoisotopic (exact) mass is 577 g/mol. The van der Waals surface area contributed by atoms with Gasteiger partial charge in [0.25, 0.3) is 5.91 Å². The lowest BCUT2D eigenvalue weighted by Gasteiger charge is -2.43. The van der Waals surface area contributed by atoms with Crippen LogP contribution in [0.25, 0.3) is 0 Å². The Kier molecular flexibility index (Phi) is 11.1. The van der Waals surface area contributed by atoms with Crippen molar-refractivity contribution in [3.05, 3.63) is 58.6 Å². The van der Waals surface area contributed by atoms with E-state index in [2.05, 4.69) is 10.6 Å². The van der Waals surface area contributed by atoms with Gasteiger partial charge in [-0.3, -0.25) is 9.59 Å². The maximum atomic E-state index is 14.3. The Morgan fingerprint density at radius 3 is 2.26 bits per heavy atom. The van der Waals surface area contributed by atoms with E-state index in [0.717, 1.165) is 5.56 Å². The number of benzene rings is 2. The zero-order valence-corrected chi connectivity index (χ0v) is 25.5. The summed E-state index contributed by atoms with van der Waals surface area (Å²) in [6.45, 7) is 12.5. The average molecular weight is 578 g/mol. The van der Waals surface area contributed by atoms with E-state index in [9.17, 15) is 19.5 Å². The molecule has 3 amide bonds. The van der Waals surface area contributed by atoms with E-state index in [1.54, 1.807) is 45.0 Å². The zero-order chi connectivity index (χ0) is 29.5.